The van der Waals surface area contributed by atoms with Crippen molar-refractivity contribution in [2.45, 2.75) is 6.42 Å². The number of carboxylic acid groups (broad SMARTS) is 1. The number of aromatic carboxylic acids is 1. The normalized spacial score (nSPS) is 10.3. The summed E-state index contributed by atoms with van der Waals surface area (Å²) in [4.78, 5) is 15.0. The fourth-order valence-corrected chi connectivity index (χ4v) is 2.04. The molecule has 0 aliphatic heterocycles. The summed E-state index contributed by atoms with van der Waals surface area (Å²) in [6.45, 7) is 0.524. The highest BCUT2D eigenvalue weighted by Crippen LogP contribution is 2.24. The van der Waals surface area contributed by atoms with Crippen molar-refractivity contribution in [3.05, 3.63) is 40.5 Å². The van der Waals surface area contributed by atoms with Crippen molar-refractivity contribution in [2.24, 2.45) is 0 Å². The molecule has 0 spiro atoms. The van der Waals surface area contributed by atoms with Crippen molar-refractivity contribution < 1.29 is 14.4 Å². The molecule has 0 saturated carbocycles. The van der Waals surface area contributed by atoms with Crippen LogP contribution >= 0.6 is 15.9 Å². The summed E-state index contributed by atoms with van der Waals surface area (Å²) in [5.41, 5.74) is 0.769. The van der Waals surface area contributed by atoms with Crippen molar-refractivity contribution in [3.8, 4) is 0 Å². The van der Waals surface area contributed by atoms with Gasteiger partial charge in [-0.05, 0) is 28.1 Å². The smallest absolute Gasteiger partial charge is 0.338 e. The van der Waals surface area contributed by atoms with Gasteiger partial charge in [0.25, 0.3) is 0 Å². The molecule has 0 unspecified atom stereocenters. The summed E-state index contributed by atoms with van der Waals surface area (Å²) in [6, 6.07) is 5.17. The number of carboxylic acids is 1. The third-order valence-corrected chi connectivity index (χ3v) is 2.96. The Balaban J connectivity index is 2.05. The van der Waals surface area contributed by atoms with E-state index in [9.17, 15) is 4.79 Å². The first-order chi connectivity index (χ1) is 8.68. The number of hydrogen-bond donors (Lipinski definition) is 2. The van der Waals surface area contributed by atoms with Crippen molar-refractivity contribution >= 4 is 27.6 Å². The van der Waals surface area contributed by atoms with E-state index in [1.165, 1.54) is 6.39 Å². The third-order valence-electron chi connectivity index (χ3n) is 2.30. The van der Waals surface area contributed by atoms with Crippen LogP contribution in [0.3, 0.4) is 0 Å². The summed E-state index contributed by atoms with van der Waals surface area (Å²) in [5, 5.41) is 15.8. The maximum absolute atomic E-state index is 11.1. The lowest BCUT2D eigenvalue weighted by molar-refractivity contribution is 0.0697. The number of nitrogens with zero attached hydrogens (tertiary/aromatic N) is 2. The maximum Gasteiger partial charge on any atom is 0.338 e. The summed E-state index contributed by atoms with van der Waals surface area (Å²) in [7, 11) is 0. The molecular formula is C11H10BrN3O3. The molecule has 18 heavy (non-hydrogen) atoms. The van der Waals surface area contributed by atoms with E-state index in [0.29, 0.717) is 29.0 Å². The predicted octanol–water partition coefficient (Wildman–Crippen LogP) is 2.18. The van der Waals surface area contributed by atoms with Gasteiger partial charge in [-0.1, -0.05) is 11.2 Å². The molecular weight excluding hydrogens is 302 g/mol. The first-order valence-corrected chi connectivity index (χ1v) is 5.98. The van der Waals surface area contributed by atoms with E-state index in [0.717, 1.165) is 0 Å². The molecule has 2 rings (SSSR count). The van der Waals surface area contributed by atoms with E-state index in [4.69, 9.17) is 5.11 Å². The van der Waals surface area contributed by atoms with Crippen molar-refractivity contribution in [2.75, 3.05) is 11.9 Å². The quantitative estimate of drug-likeness (QED) is 0.880. The summed E-state index contributed by atoms with van der Waals surface area (Å²) in [6.07, 6.45) is 1.82. The van der Waals surface area contributed by atoms with Crippen LogP contribution in [0.4, 0.5) is 5.69 Å². The molecule has 0 aliphatic carbocycles. The third kappa shape index (κ3) is 2.86. The van der Waals surface area contributed by atoms with Crippen LogP contribution in [0.1, 0.15) is 16.2 Å². The molecule has 0 fully saturated rings. The van der Waals surface area contributed by atoms with Crippen LogP contribution in [0.5, 0.6) is 0 Å². The highest BCUT2D eigenvalue weighted by molar-refractivity contribution is 9.10. The molecule has 0 amide bonds. The number of hydrogen-bond acceptors (Lipinski definition) is 5. The molecule has 0 aliphatic rings. The zero-order valence-electron chi connectivity index (χ0n) is 9.26. The Morgan fingerprint density at radius 1 is 1.50 bits per heavy atom. The number of halogens is 1. The van der Waals surface area contributed by atoms with E-state index < -0.39 is 5.97 Å². The zero-order valence-corrected chi connectivity index (χ0v) is 10.8. The van der Waals surface area contributed by atoms with Gasteiger partial charge < -0.3 is 14.9 Å². The maximum atomic E-state index is 11.1. The van der Waals surface area contributed by atoms with Crippen LogP contribution in [0.2, 0.25) is 0 Å². The number of aromatic nitrogens is 2. The summed E-state index contributed by atoms with van der Waals surface area (Å²) >= 11 is 3.22. The van der Waals surface area contributed by atoms with Gasteiger partial charge in [0.05, 0.1) is 5.56 Å². The van der Waals surface area contributed by atoms with Crippen LogP contribution in [0.15, 0.2) is 33.6 Å². The van der Waals surface area contributed by atoms with Crippen molar-refractivity contribution in [3.63, 3.8) is 0 Å². The molecule has 1 heterocycles. The Labute approximate surface area is 111 Å². The minimum absolute atomic E-state index is 0.214. The van der Waals surface area contributed by atoms with E-state index in [-0.39, 0.29) is 5.56 Å². The highest BCUT2D eigenvalue weighted by Gasteiger charge is 2.13. The van der Waals surface area contributed by atoms with Crippen molar-refractivity contribution in [1.29, 1.82) is 0 Å². The topological polar surface area (TPSA) is 88.2 Å². The molecule has 0 atom stereocenters. The lowest BCUT2D eigenvalue weighted by Crippen LogP contribution is -2.10. The van der Waals surface area contributed by atoms with Gasteiger partial charge in [-0.25, -0.2) is 4.79 Å². The Morgan fingerprint density at radius 2 is 2.33 bits per heavy atom. The highest BCUT2D eigenvalue weighted by atomic mass is 79.9. The largest absolute Gasteiger partial charge is 0.478 e. The zero-order chi connectivity index (χ0) is 13.0. The van der Waals surface area contributed by atoms with Gasteiger partial charge in [0.15, 0.2) is 5.82 Å². The SMILES string of the molecule is O=C(O)c1c(Br)cccc1NCCc1ncon1. The van der Waals surface area contributed by atoms with E-state index in [1.54, 1.807) is 18.2 Å². The van der Waals surface area contributed by atoms with Crippen LogP contribution in [-0.4, -0.2) is 27.8 Å². The fourth-order valence-electron chi connectivity index (χ4n) is 1.50. The molecule has 7 heteroatoms. The Hall–Kier alpha value is -1.89. The molecule has 2 N–H and O–H groups in total. The minimum Gasteiger partial charge on any atom is -0.478 e. The van der Waals surface area contributed by atoms with Gasteiger partial charge in [0, 0.05) is 23.1 Å². The monoisotopic (exact) mass is 311 g/mol. The van der Waals surface area contributed by atoms with E-state index >= 15 is 0 Å². The molecule has 2 aromatic rings. The molecule has 0 saturated heterocycles. The summed E-state index contributed by atoms with van der Waals surface area (Å²) < 4.78 is 5.15. The van der Waals surface area contributed by atoms with Gasteiger partial charge in [-0.2, -0.15) is 4.98 Å². The standard InChI is InChI=1S/C11H10BrN3O3/c12-7-2-1-3-8(10(7)11(16)17)13-5-4-9-14-6-18-15-9/h1-3,6,13H,4-5H2,(H,16,17). The molecule has 0 bridgehead atoms. The fraction of sp³-hybridized carbons (Fsp3) is 0.182. The van der Waals surface area contributed by atoms with Crippen molar-refractivity contribution in [1.82, 2.24) is 10.1 Å². The van der Waals surface area contributed by atoms with Gasteiger partial charge in [0.1, 0.15) is 0 Å². The van der Waals surface area contributed by atoms with Crippen LogP contribution < -0.4 is 5.32 Å². The summed E-state index contributed by atoms with van der Waals surface area (Å²) in [5.74, 6) is -0.404. The average molecular weight is 312 g/mol. The Kier molecular flexibility index (Phi) is 3.93. The Bertz CT molecular complexity index is 542. The van der Waals surface area contributed by atoms with Gasteiger partial charge in [0.2, 0.25) is 6.39 Å². The number of rotatable bonds is 5. The van der Waals surface area contributed by atoms with Gasteiger partial charge in [-0.15, -0.1) is 0 Å². The Morgan fingerprint density at radius 3 is 3.00 bits per heavy atom. The minimum atomic E-state index is -0.982. The molecule has 1 aromatic carbocycles. The van der Waals surface area contributed by atoms with Crippen LogP contribution in [-0.2, 0) is 6.42 Å². The number of carbonyl (C=O) groups is 1. The molecule has 1 aromatic heterocycles. The van der Waals surface area contributed by atoms with Gasteiger partial charge >= 0.3 is 5.97 Å². The second kappa shape index (κ2) is 5.63. The first kappa shape index (κ1) is 12.6. The number of nitrogens with one attached hydrogen (secondary N) is 1. The molecule has 0 radical (unpaired) electrons. The van der Waals surface area contributed by atoms with E-state index in [2.05, 4.69) is 35.9 Å². The predicted molar refractivity (Wildman–Crippen MR) is 67.6 cm³/mol. The van der Waals surface area contributed by atoms with E-state index in [1.807, 2.05) is 0 Å². The van der Waals surface area contributed by atoms with Gasteiger partial charge in [-0.3, -0.25) is 0 Å². The number of benzene rings is 1. The molecule has 94 valence electrons. The second-order valence-electron chi connectivity index (χ2n) is 3.49. The lowest BCUT2D eigenvalue weighted by Gasteiger charge is -2.09. The van der Waals surface area contributed by atoms with Crippen LogP contribution in [0.25, 0.3) is 0 Å². The van der Waals surface area contributed by atoms with Crippen LogP contribution in [0, 0.1) is 0 Å². The average Bonchev–Trinajstić information content (AvgIpc) is 2.81. The second-order valence-corrected chi connectivity index (χ2v) is 4.35. The molecule has 6 nitrogen and oxygen atoms in total. The first-order valence-electron chi connectivity index (χ1n) is 5.19. The number of anilines is 1. The lowest BCUT2D eigenvalue weighted by atomic mass is 10.2.